The smallest absolute Gasteiger partial charge is 0.0748 e. The standard InChI is InChI=1S/C12H11ClN2S/c1-9-6-7-10(16-9)8-14-15-12-5-3-2-4-11(12)13/h2-8,15H,1H3/b14-8+. The number of nitrogens with zero attached hydrogens (tertiary/aromatic N) is 1. The Balaban J connectivity index is 2.02. The number of halogens is 1. The van der Waals surface area contributed by atoms with Crippen molar-refractivity contribution in [2.75, 3.05) is 5.43 Å². The minimum absolute atomic E-state index is 0.669. The van der Waals surface area contributed by atoms with Crippen LogP contribution in [-0.2, 0) is 0 Å². The first-order chi connectivity index (χ1) is 7.75. The molecule has 1 aromatic heterocycles. The van der Waals surface area contributed by atoms with Gasteiger partial charge in [-0.25, -0.2) is 0 Å². The van der Waals surface area contributed by atoms with Crippen LogP contribution in [-0.4, -0.2) is 6.21 Å². The molecule has 0 radical (unpaired) electrons. The summed E-state index contributed by atoms with van der Waals surface area (Å²) < 4.78 is 0. The molecule has 0 aliphatic carbocycles. The molecule has 1 heterocycles. The average Bonchev–Trinajstić information content (AvgIpc) is 2.67. The van der Waals surface area contributed by atoms with Gasteiger partial charge in [0, 0.05) is 9.75 Å². The molecule has 1 N–H and O–H groups in total. The highest BCUT2D eigenvalue weighted by Crippen LogP contribution is 2.20. The van der Waals surface area contributed by atoms with E-state index in [1.165, 1.54) is 4.88 Å². The van der Waals surface area contributed by atoms with Gasteiger partial charge in [-0.15, -0.1) is 11.3 Å². The summed E-state index contributed by atoms with van der Waals surface area (Å²) in [5.74, 6) is 0. The second-order valence-corrected chi connectivity index (χ2v) is 5.02. The Labute approximate surface area is 104 Å². The zero-order chi connectivity index (χ0) is 11.4. The normalized spacial score (nSPS) is 10.9. The fourth-order valence-corrected chi connectivity index (χ4v) is 2.17. The van der Waals surface area contributed by atoms with Crippen LogP contribution in [0.1, 0.15) is 9.75 Å². The van der Waals surface area contributed by atoms with Gasteiger partial charge in [-0.3, -0.25) is 5.43 Å². The highest BCUT2D eigenvalue weighted by Gasteiger charge is 1.95. The summed E-state index contributed by atoms with van der Waals surface area (Å²) in [4.78, 5) is 2.40. The van der Waals surface area contributed by atoms with E-state index in [9.17, 15) is 0 Å². The predicted octanol–water partition coefficient (Wildman–Crippen LogP) is 4.16. The topological polar surface area (TPSA) is 24.4 Å². The fraction of sp³-hybridized carbons (Fsp3) is 0.0833. The summed E-state index contributed by atoms with van der Waals surface area (Å²) in [7, 11) is 0. The van der Waals surface area contributed by atoms with Gasteiger partial charge in [-0.05, 0) is 31.2 Å². The van der Waals surface area contributed by atoms with E-state index in [4.69, 9.17) is 11.6 Å². The zero-order valence-electron chi connectivity index (χ0n) is 8.77. The number of hydrogen-bond acceptors (Lipinski definition) is 3. The number of benzene rings is 1. The molecule has 4 heteroatoms. The lowest BCUT2D eigenvalue weighted by molar-refractivity contribution is 1.35. The van der Waals surface area contributed by atoms with Gasteiger partial charge in [0.2, 0.25) is 0 Å². The van der Waals surface area contributed by atoms with Gasteiger partial charge in [0.1, 0.15) is 0 Å². The van der Waals surface area contributed by atoms with E-state index in [1.54, 1.807) is 17.6 Å². The first kappa shape index (κ1) is 11.2. The van der Waals surface area contributed by atoms with Gasteiger partial charge in [0.15, 0.2) is 0 Å². The number of hydrazone groups is 1. The van der Waals surface area contributed by atoms with Gasteiger partial charge in [0.05, 0.1) is 16.9 Å². The molecule has 2 aromatic rings. The van der Waals surface area contributed by atoms with Crippen molar-refractivity contribution in [3.63, 3.8) is 0 Å². The first-order valence-electron chi connectivity index (χ1n) is 4.86. The van der Waals surface area contributed by atoms with Crippen molar-refractivity contribution in [2.45, 2.75) is 6.92 Å². The van der Waals surface area contributed by atoms with Gasteiger partial charge in [-0.2, -0.15) is 5.10 Å². The van der Waals surface area contributed by atoms with Crippen LogP contribution in [0.2, 0.25) is 5.02 Å². The van der Waals surface area contributed by atoms with E-state index in [2.05, 4.69) is 23.5 Å². The monoisotopic (exact) mass is 250 g/mol. The summed E-state index contributed by atoms with van der Waals surface area (Å²) in [6.07, 6.45) is 1.79. The molecule has 0 aliphatic heterocycles. The van der Waals surface area contributed by atoms with Crippen LogP contribution in [0.3, 0.4) is 0 Å². The van der Waals surface area contributed by atoms with E-state index in [-0.39, 0.29) is 0 Å². The Morgan fingerprint density at radius 2 is 2.06 bits per heavy atom. The van der Waals surface area contributed by atoms with Crippen LogP contribution in [0.15, 0.2) is 41.5 Å². The van der Waals surface area contributed by atoms with E-state index in [0.29, 0.717) is 5.02 Å². The van der Waals surface area contributed by atoms with Crippen molar-refractivity contribution in [3.05, 3.63) is 51.2 Å². The quantitative estimate of drug-likeness (QED) is 0.642. The molecule has 1 aromatic carbocycles. The van der Waals surface area contributed by atoms with Crippen molar-refractivity contribution in [1.29, 1.82) is 0 Å². The Morgan fingerprint density at radius 3 is 2.75 bits per heavy atom. The summed E-state index contributed by atoms with van der Waals surface area (Å²) in [5, 5.41) is 4.81. The largest absolute Gasteiger partial charge is 0.277 e. The molecule has 0 unspecified atom stereocenters. The van der Waals surface area contributed by atoms with Crippen molar-refractivity contribution in [1.82, 2.24) is 0 Å². The van der Waals surface area contributed by atoms with Crippen molar-refractivity contribution in [2.24, 2.45) is 5.10 Å². The number of para-hydroxylation sites is 1. The van der Waals surface area contributed by atoms with Crippen LogP contribution in [0.4, 0.5) is 5.69 Å². The molecule has 0 atom stereocenters. The number of rotatable bonds is 3. The molecule has 0 aliphatic rings. The Morgan fingerprint density at radius 1 is 1.25 bits per heavy atom. The second-order valence-electron chi connectivity index (χ2n) is 3.30. The second kappa shape index (κ2) is 5.14. The third-order valence-corrected chi connectivity index (χ3v) is 3.28. The summed E-state index contributed by atoms with van der Waals surface area (Å²) >= 11 is 7.68. The predicted molar refractivity (Wildman–Crippen MR) is 71.7 cm³/mol. The molecule has 0 fully saturated rings. The average molecular weight is 251 g/mol. The number of anilines is 1. The number of nitrogens with one attached hydrogen (secondary N) is 1. The third kappa shape index (κ3) is 2.84. The number of hydrogen-bond donors (Lipinski definition) is 1. The molecule has 2 rings (SSSR count). The molecule has 0 amide bonds. The molecule has 0 spiro atoms. The van der Waals surface area contributed by atoms with Gasteiger partial charge in [-0.1, -0.05) is 23.7 Å². The maximum Gasteiger partial charge on any atom is 0.0748 e. The molecule has 2 nitrogen and oxygen atoms in total. The summed E-state index contributed by atoms with van der Waals surface area (Å²) in [5.41, 5.74) is 3.73. The third-order valence-electron chi connectivity index (χ3n) is 2.01. The van der Waals surface area contributed by atoms with E-state index < -0.39 is 0 Å². The van der Waals surface area contributed by atoms with E-state index >= 15 is 0 Å². The van der Waals surface area contributed by atoms with Gasteiger partial charge in [0.25, 0.3) is 0 Å². The Hall–Kier alpha value is -1.32. The lowest BCUT2D eigenvalue weighted by Crippen LogP contribution is -1.89. The lowest BCUT2D eigenvalue weighted by atomic mass is 10.3. The summed E-state index contributed by atoms with van der Waals surface area (Å²) in [6.45, 7) is 2.07. The number of aryl methyl sites for hydroxylation is 1. The van der Waals surface area contributed by atoms with Crippen LogP contribution in [0.5, 0.6) is 0 Å². The van der Waals surface area contributed by atoms with Crippen LogP contribution < -0.4 is 5.43 Å². The first-order valence-corrected chi connectivity index (χ1v) is 6.05. The zero-order valence-corrected chi connectivity index (χ0v) is 10.3. The van der Waals surface area contributed by atoms with E-state index in [1.807, 2.05) is 30.3 Å². The van der Waals surface area contributed by atoms with E-state index in [0.717, 1.165) is 10.6 Å². The number of thiophene rings is 1. The van der Waals surface area contributed by atoms with Crippen molar-refractivity contribution >= 4 is 34.8 Å². The fourth-order valence-electron chi connectivity index (χ4n) is 1.24. The lowest BCUT2D eigenvalue weighted by Gasteiger charge is -2.00. The molecular formula is C12H11ClN2S. The van der Waals surface area contributed by atoms with Crippen LogP contribution in [0, 0.1) is 6.92 Å². The summed E-state index contributed by atoms with van der Waals surface area (Å²) in [6, 6.07) is 11.6. The minimum Gasteiger partial charge on any atom is -0.277 e. The Bertz CT molecular complexity index is 505. The highest BCUT2D eigenvalue weighted by atomic mass is 35.5. The molecule has 16 heavy (non-hydrogen) atoms. The molecule has 0 saturated carbocycles. The van der Waals surface area contributed by atoms with Crippen molar-refractivity contribution in [3.8, 4) is 0 Å². The minimum atomic E-state index is 0.669. The van der Waals surface area contributed by atoms with Crippen LogP contribution in [0.25, 0.3) is 0 Å². The molecular weight excluding hydrogens is 240 g/mol. The maximum atomic E-state index is 5.98. The van der Waals surface area contributed by atoms with Gasteiger partial charge >= 0.3 is 0 Å². The molecule has 0 bridgehead atoms. The van der Waals surface area contributed by atoms with Crippen LogP contribution >= 0.6 is 22.9 Å². The maximum absolute atomic E-state index is 5.98. The SMILES string of the molecule is Cc1ccc(/C=N/Nc2ccccc2Cl)s1. The van der Waals surface area contributed by atoms with Crippen molar-refractivity contribution < 1.29 is 0 Å². The van der Waals surface area contributed by atoms with Gasteiger partial charge < -0.3 is 0 Å². The molecule has 82 valence electrons. The Kier molecular flexibility index (Phi) is 3.59. The molecule has 0 saturated heterocycles. The highest BCUT2D eigenvalue weighted by molar-refractivity contribution is 7.13.